The van der Waals surface area contributed by atoms with E-state index >= 15 is 0 Å². The summed E-state index contributed by atoms with van der Waals surface area (Å²) in [4.78, 5) is 30.2. The second-order valence-corrected chi connectivity index (χ2v) is 5.10. The van der Waals surface area contributed by atoms with Gasteiger partial charge in [0.05, 0.1) is 6.54 Å². The van der Waals surface area contributed by atoms with Crippen LogP contribution in [0.4, 0.5) is 4.39 Å². The van der Waals surface area contributed by atoms with Crippen LogP contribution in [0.2, 0.25) is 5.15 Å². The molecule has 8 heteroatoms. The van der Waals surface area contributed by atoms with Gasteiger partial charge in [-0.1, -0.05) is 18.5 Å². The molecule has 2 aromatic heterocycles. The molecule has 0 amide bonds. The van der Waals surface area contributed by atoms with Gasteiger partial charge in [0, 0.05) is 11.1 Å². The number of rotatable bonds is 3. The Balaban J connectivity index is 2.44. The normalized spacial score (nSPS) is 10.8. The Morgan fingerprint density at radius 1 is 1.56 bits per heavy atom. The van der Waals surface area contributed by atoms with Crippen molar-refractivity contribution in [3.05, 3.63) is 47.9 Å². The predicted octanol–water partition coefficient (Wildman–Crippen LogP) is 1.40. The lowest BCUT2D eigenvalue weighted by atomic mass is 10.4. The number of thiazole rings is 1. The quantitative estimate of drug-likeness (QED) is 0.869. The molecule has 0 bridgehead atoms. The van der Waals surface area contributed by atoms with Crippen LogP contribution in [0.25, 0.3) is 0 Å². The summed E-state index contributed by atoms with van der Waals surface area (Å²) in [5, 5.41) is -0.00388. The van der Waals surface area contributed by atoms with Crippen LogP contribution in [0.1, 0.15) is 16.8 Å². The third-order valence-corrected chi connectivity index (χ3v) is 3.72. The van der Waals surface area contributed by atoms with E-state index in [-0.39, 0.29) is 6.54 Å². The Hall–Kier alpha value is -1.47. The van der Waals surface area contributed by atoms with Crippen molar-refractivity contribution < 1.29 is 4.39 Å². The molecule has 0 aliphatic heterocycles. The first-order valence-electron chi connectivity index (χ1n) is 5.14. The fourth-order valence-electron chi connectivity index (χ4n) is 1.38. The minimum absolute atomic E-state index is 0.0626. The Morgan fingerprint density at radius 3 is 2.89 bits per heavy atom. The molecule has 1 N–H and O–H groups in total. The molecule has 0 saturated heterocycles. The van der Waals surface area contributed by atoms with Crippen LogP contribution >= 0.6 is 22.9 Å². The highest BCUT2D eigenvalue weighted by Crippen LogP contribution is 2.13. The highest BCUT2D eigenvalue weighted by Gasteiger charge is 2.13. The fourth-order valence-corrected chi connectivity index (χ4v) is 2.40. The number of hydrogen-bond donors (Lipinski definition) is 1. The molecule has 0 spiro atoms. The summed E-state index contributed by atoms with van der Waals surface area (Å²) in [5.41, 5.74) is -1.79. The maximum atomic E-state index is 13.3. The molecule has 5 nitrogen and oxygen atoms in total. The number of H-pyrrole nitrogens is 1. The second-order valence-electron chi connectivity index (χ2n) is 3.52. The summed E-state index contributed by atoms with van der Waals surface area (Å²) in [6, 6.07) is 0. The first kappa shape index (κ1) is 13.0. The number of halogens is 2. The van der Waals surface area contributed by atoms with Crippen molar-refractivity contribution in [3.63, 3.8) is 0 Å². The highest BCUT2D eigenvalue weighted by atomic mass is 35.5. The van der Waals surface area contributed by atoms with Gasteiger partial charge in [-0.2, -0.15) is 4.39 Å². The average molecular weight is 290 g/mol. The van der Waals surface area contributed by atoms with E-state index in [1.54, 1.807) is 6.20 Å². The Labute approximate surface area is 110 Å². The molecule has 0 unspecified atom stereocenters. The van der Waals surface area contributed by atoms with Gasteiger partial charge in [-0.25, -0.2) is 9.78 Å². The van der Waals surface area contributed by atoms with Crippen LogP contribution in [0.15, 0.2) is 15.8 Å². The zero-order chi connectivity index (χ0) is 13.3. The molecule has 18 heavy (non-hydrogen) atoms. The van der Waals surface area contributed by atoms with Gasteiger partial charge in [0.15, 0.2) is 5.15 Å². The van der Waals surface area contributed by atoms with Crippen molar-refractivity contribution >= 4 is 22.9 Å². The standard InChI is InChI=1S/C10H9ClFN3O2S/c1-2-5-3-13-6(18-5)4-15-9(16)7(12)8(11)14-10(15)17/h3H,2,4H2,1H3,(H,14,17). The van der Waals surface area contributed by atoms with E-state index in [1.165, 1.54) is 11.3 Å². The van der Waals surface area contributed by atoms with Crippen molar-refractivity contribution in [1.29, 1.82) is 0 Å². The molecule has 0 aliphatic rings. The summed E-state index contributed by atoms with van der Waals surface area (Å²) in [6.45, 7) is 1.91. The first-order valence-corrected chi connectivity index (χ1v) is 6.34. The van der Waals surface area contributed by atoms with Crippen molar-refractivity contribution in [1.82, 2.24) is 14.5 Å². The zero-order valence-corrected chi connectivity index (χ0v) is 10.9. The number of hydrogen-bond acceptors (Lipinski definition) is 4. The number of nitrogens with zero attached hydrogens (tertiary/aromatic N) is 2. The highest BCUT2D eigenvalue weighted by molar-refractivity contribution is 7.11. The average Bonchev–Trinajstić information content (AvgIpc) is 2.80. The topological polar surface area (TPSA) is 67.8 Å². The second kappa shape index (κ2) is 5.03. The summed E-state index contributed by atoms with van der Waals surface area (Å²) < 4.78 is 14.0. The summed E-state index contributed by atoms with van der Waals surface area (Å²) in [6.07, 6.45) is 2.49. The summed E-state index contributed by atoms with van der Waals surface area (Å²) in [5.74, 6) is -1.16. The van der Waals surface area contributed by atoms with Gasteiger partial charge in [0.2, 0.25) is 5.82 Å². The Bertz CT molecular complexity index is 691. The lowest BCUT2D eigenvalue weighted by molar-refractivity contribution is 0.557. The van der Waals surface area contributed by atoms with Crippen LogP contribution in [-0.2, 0) is 13.0 Å². The van der Waals surface area contributed by atoms with E-state index in [4.69, 9.17) is 11.6 Å². The largest absolute Gasteiger partial charge is 0.330 e. The van der Waals surface area contributed by atoms with E-state index < -0.39 is 22.2 Å². The molecule has 0 saturated carbocycles. The minimum atomic E-state index is -1.16. The molecular formula is C10H9ClFN3O2S. The summed E-state index contributed by atoms with van der Waals surface area (Å²) >= 11 is 6.74. The molecule has 0 aromatic carbocycles. The molecule has 0 radical (unpaired) electrons. The zero-order valence-electron chi connectivity index (χ0n) is 9.37. The van der Waals surface area contributed by atoms with Gasteiger partial charge < -0.3 is 0 Å². The third kappa shape index (κ3) is 2.37. The van der Waals surface area contributed by atoms with E-state index in [0.29, 0.717) is 5.01 Å². The van der Waals surface area contributed by atoms with Gasteiger partial charge in [-0.05, 0) is 6.42 Å². The van der Waals surface area contributed by atoms with Crippen molar-refractivity contribution in [2.75, 3.05) is 0 Å². The molecular weight excluding hydrogens is 281 g/mol. The molecule has 0 fully saturated rings. The number of aromatic nitrogens is 3. The third-order valence-electron chi connectivity index (χ3n) is 2.33. The van der Waals surface area contributed by atoms with Crippen LogP contribution in [-0.4, -0.2) is 14.5 Å². The van der Waals surface area contributed by atoms with Gasteiger partial charge in [-0.3, -0.25) is 14.3 Å². The first-order chi connectivity index (χ1) is 8.52. The monoisotopic (exact) mass is 289 g/mol. The van der Waals surface area contributed by atoms with Crippen LogP contribution in [0.5, 0.6) is 0 Å². The maximum absolute atomic E-state index is 13.3. The van der Waals surface area contributed by atoms with E-state index in [9.17, 15) is 14.0 Å². The molecule has 0 atom stereocenters. The smallest absolute Gasteiger partial charge is 0.295 e. The lowest BCUT2D eigenvalue weighted by Crippen LogP contribution is -2.37. The fraction of sp³-hybridized carbons (Fsp3) is 0.300. The number of nitrogens with one attached hydrogen (secondary N) is 1. The number of aryl methyl sites for hydroxylation is 1. The molecule has 96 valence electrons. The van der Waals surface area contributed by atoms with E-state index in [0.717, 1.165) is 15.9 Å². The minimum Gasteiger partial charge on any atom is -0.295 e. The molecule has 0 aliphatic carbocycles. The SMILES string of the molecule is CCc1cnc(Cn2c(=O)[nH]c(Cl)c(F)c2=O)s1. The van der Waals surface area contributed by atoms with E-state index in [1.807, 2.05) is 6.92 Å². The van der Waals surface area contributed by atoms with Gasteiger partial charge in [0.25, 0.3) is 5.56 Å². The van der Waals surface area contributed by atoms with Crippen molar-refractivity contribution in [2.45, 2.75) is 19.9 Å². The lowest BCUT2D eigenvalue weighted by Gasteiger charge is -2.02. The molecule has 2 aromatic rings. The van der Waals surface area contributed by atoms with Crippen LogP contribution in [0, 0.1) is 5.82 Å². The molecule has 2 heterocycles. The summed E-state index contributed by atoms with van der Waals surface area (Å²) in [7, 11) is 0. The van der Waals surface area contributed by atoms with Crippen molar-refractivity contribution in [2.24, 2.45) is 0 Å². The Morgan fingerprint density at radius 2 is 2.28 bits per heavy atom. The van der Waals surface area contributed by atoms with Crippen LogP contribution in [0.3, 0.4) is 0 Å². The number of aromatic amines is 1. The van der Waals surface area contributed by atoms with Gasteiger partial charge >= 0.3 is 5.69 Å². The van der Waals surface area contributed by atoms with Gasteiger partial charge in [-0.15, -0.1) is 11.3 Å². The molecule has 2 rings (SSSR count). The van der Waals surface area contributed by atoms with Crippen LogP contribution < -0.4 is 11.2 Å². The van der Waals surface area contributed by atoms with Gasteiger partial charge in [0.1, 0.15) is 5.01 Å². The predicted molar refractivity (Wildman–Crippen MR) is 66.9 cm³/mol. The maximum Gasteiger partial charge on any atom is 0.330 e. The van der Waals surface area contributed by atoms with E-state index in [2.05, 4.69) is 9.97 Å². The Kier molecular flexibility index (Phi) is 3.63. The van der Waals surface area contributed by atoms with Crippen molar-refractivity contribution in [3.8, 4) is 0 Å².